The smallest absolute Gasteiger partial charge is 0.264 e. The third-order valence-corrected chi connectivity index (χ3v) is 7.57. The minimum Gasteiger partial charge on any atom is -0.337 e. The molecule has 0 radical (unpaired) electrons. The Kier molecular flexibility index (Phi) is 6.71. The van der Waals surface area contributed by atoms with Crippen molar-refractivity contribution in [1.29, 1.82) is 0 Å². The van der Waals surface area contributed by atoms with Crippen LogP contribution in [-0.4, -0.2) is 29.4 Å². The van der Waals surface area contributed by atoms with Crippen LogP contribution >= 0.6 is 15.9 Å². The van der Waals surface area contributed by atoms with Crippen LogP contribution in [0.15, 0.2) is 64.1 Å². The molecule has 0 atom stereocenters. The number of hydrogen-bond acceptors (Lipinski definition) is 5. The summed E-state index contributed by atoms with van der Waals surface area (Å²) in [7, 11) is -3.94. The zero-order chi connectivity index (χ0) is 23.6. The maximum absolute atomic E-state index is 13.2. The largest absolute Gasteiger partial charge is 0.337 e. The number of unbranched alkanes of at least 4 members (excludes halogenated alkanes) is 1. The van der Waals surface area contributed by atoms with Gasteiger partial charge in [0.15, 0.2) is 0 Å². The molecule has 0 saturated carbocycles. The first-order valence-corrected chi connectivity index (χ1v) is 13.2. The summed E-state index contributed by atoms with van der Waals surface area (Å²) in [6, 6.07) is 14.3. The minimum atomic E-state index is -3.94. The van der Waals surface area contributed by atoms with Gasteiger partial charge >= 0.3 is 0 Å². The first-order chi connectivity index (χ1) is 15.8. The van der Waals surface area contributed by atoms with E-state index in [0.717, 1.165) is 34.8 Å². The van der Waals surface area contributed by atoms with Crippen LogP contribution in [0.2, 0.25) is 0 Å². The molecule has 0 unspecified atom stereocenters. The van der Waals surface area contributed by atoms with E-state index in [9.17, 15) is 13.2 Å². The second-order valence-electron chi connectivity index (χ2n) is 7.79. The lowest BCUT2D eigenvalue weighted by atomic mass is 10.0. The Bertz CT molecular complexity index is 1420. The fourth-order valence-electron chi connectivity index (χ4n) is 3.74. The van der Waals surface area contributed by atoms with E-state index in [-0.39, 0.29) is 16.7 Å². The number of rotatable bonds is 8. The molecule has 2 heterocycles. The van der Waals surface area contributed by atoms with Crippen LogP contribution in [0.3, 0.4) is 0 Å². The molecular weight excluding hydrogens is 506 g/mol. The first kappa shape index (κ1) is 23.3. The van der Waals surface area contributed by atoms with Crippen molar-refractivity contribution < 1.29 is 17.7 Å². The second-order valence-corrected chi connectivity index (χ2v) is 10.2. The first-order valence-electron chi connectivity index (χ1n) is 10.6. The number of aryl methyl sites for hydroxylation is 1. The Balaban J connectivity index is 1.76. The van der Waals surface area contributed by atoms with E-state index in [2.05, 4.69) is 25.8 Å². The molecule has 0 aliphatic heterocycles. The van der Waals surface area contributed by atoms with Crippen molar-refractivity contribution in [2.75, 3.05) is 10.1 Å². The van der Waals surface area contributed by atoms with E-state index in [1.165, 1.54) is 0 Å². The predicted molar refractivity (Wildman–Crippen MR) is 132 cm³/mol. The zero-order valence-corrected chi connectivity index (χ0v) is 20.7. The van der Waals surface area contributed by atoms with Crippen molar-refractivity contribution in [3.05, 3.63) is 66.0 Å². The van der Waals surface area contributed by atoms with Crippen LogP contribution < -0.4 is 4.72 Å². The van der Waals surface area contributed by atoms with E-state index in [1.807, 2.05) is 24.3 Å². The van der Waals surface area contributed by atoms with Gasteiger partial charge in [0, 0.05) is 34.5 Å². The highest BCUT2D eigenvalue weighted by atomic mass is 79.9. The number of carbonyl (C=O) groups is 1. The predicted octanol–water partition coefficient (Wildman–Crippen LogP) is 5.92. The van der Waals surface area contributed by atoms with Crippen LogP contribution in [0.1, 0.15) is 35.3 Å². The monoisotopic (exact) mass is 529 g/mol. The van der Waals surface area contributed by atoms with E-state index in [4.69, 9.17) is 4.52 Å². The third-order valence-electron chi connectivity index (χ3n) is 5.62. The molecule has 0 amide bonds. The number of sulfonamides is 1. The van der Waals surface area contributed by atoms with Gasteiger partial charge in [-0.2, -0.15) is 0 Å². The quantitative estimate of drug-likeness (QED) is 0.226. The van der Waals surface area contributed by atoms with Crippen molar-refractivity contribution in [2.45, 2.75) is 38.0 Å². The van der Waals surface area contributed by atoms with Crippen LogP contribution in [-0.2, 0) is 10.0 Å². The summed E-state index contributed by atoms with van der Waals surface area (Å²) in [5.74, 6) is 0.109. The van der Waals surface area contributed by atoms with Gasteiger partial charge in [0.25, 0.3) is 10.0 Å². The van der Waals surface area contributed by atoms with E-state index in [0.29, 0.717) is 23.1 Å². The van der Waals surface area contributed by atoms with Crippen LogP contribution in [0.5, 0.6) is 0 Å². The molecule has 33 heavy (non-hydrogen) atoms. The number of nitrogens with zero attached hydrogens (tertiary/aromatic N) is 2. The van der Waals surface area contributed by atoms with Gasteiger partial charge in [-0.25, -0.2) is 13.1 Å². The lowest BCUT2D eigenvalue weighted by Gasteiger charge is -2.13. The summed E-state index contributed by atoms with van der Waals surface area (Å²) in [5.41, 5.74) is 2.77. The van der Waals surface area contributed by atoms with Crippen molar-refractivity contribution in [3.63, 3.8) is 0 Å². The number of aromatic nitrogens is 2. The molecule has 9 heteroatoms. The topological polar surface area (TPSA) is 94.2 Å². The summed E-state index contributed by atoms with van der Waals surface area (Å²) in [6.07, 6.45) is 3.92. The van der Waals surface area contributed by atoms with Crippen LogP contribution in [0, 0.1) is 13.8 Å². The third kappa shape index (κ3) is 4.60. The average molecular weight is 530 g/mol. The zero-order valence-electron chi connectivity index (χ0n) is 18.3. The molecular formula is C24H24BrN3O4S. The lowest BCUT2D eigenvalue weighted by Crippen LogP contribution is -2.14. The molecule has 0 aliphatic carbocycles. The Morgan fingerprint density at radius 3 is 2.55 bits per heavy atom. The highest BCUT2D eigenvalue weighted by Gasteiger charge is 2.22. The lowest BCUT2D eigenvalue weighted by molar-refractivity contribution is 0.0902. The van der Waals surface area contributed by atoms with E-state index < -0.39 is 10.0 Å². The summed E-state index contributed by atoms with van der Waals surface area (Å²) < 4.78 is 35.8. The summed E-state index contributed by atoms with van der Waals surface area (Å²) in [4.78, 5) is 12.9. The summed E-state index contributed by atoms with van der Waals surface area (Å²) in [6.45, 7) is 3.49. The van der Waals surface area contributed by atoms with E-state index >= 15 is 0 Å². The molecule has 172 valence electrons. The Morgan fingerprint density at radius 1 is 1.06 bits per heavy atom. The van der Waals surface area contributed by atoms with Gasteiger partial charge in [0.1, 0.15) is 0 Å². The molecule has 2 aromatic heterocycles. The molecule has 0 fully saturated rings. The fraction of sp³-hybridized carbons (Fsp3) is 0.250. The SMILES string of the molecule is Cc1noc(NS(=O)(=O)c2cccc3c(-c4cccn4C(=O)CCCCBr)cccc23)c1C. The fourth-order valence-corrected chi connectivity index (χ4v) is 5.40. The van der Waals surface area contributed by atoms with Gasteiger partial charge in [-0.1, -0.05) is 51.4 Å². The van der Waals surface area contributed by atoms with E-state index in [1.54, 1.807) is 48.9 Å². The maximum Gasteiger partial charge on any atom is 0.264 e. The molecule has 4 aromatic rings. The Hall–Kier alpha value is -2.91. The molecule has 0 spiro atoms. The van der Waals surface area contributed by atoms with Gasteiger partial charge in [-0.3, -0.25) is 9.36 Å². The number of nitrogens with one attached hydrogen (secondary N) is 1. The standard InChI is InChI=1S/C24H24BrN3O4S/c1-16-17(2)26-32-24(16)27-33(30,31)22-12-6-8-18-19(9-5-10-20(18)22)21-11-7-15-28(21)23(29)13-3-4-14-25/h5-12,15,27H,3-4,13-14H2,1-2H3. The summed E-state index contributed by atoms with van der Waals surface area (Å²) >= 11 is 3.39. The van der Waals surface area contributed by atoms with Gasteiger partial charge in [0.2, 0.25) is 11.8 Å². The molecule has 2 aromatic carbocycles. The Labute approximate surface area is 201 Å². The number of carbonyl (C=O) groups excluding carboxylic acids is 1. The van der Waals surface area contributed by atoms with Crippen molar-refractivity contribution in [3.8, 4) is 11.3 Å². The van der Waals surface area contributed by atoms with Gasteiger partial charge < -0.3 is 4.52 Å². The van der Waals surface area contributed by atoms with Crippen molar-refractivity contribution >= 4 is 48.5 Å². The molecule has 0 saturated heterocycles. The minimum absolute atomic E-state index is 0.00885. The van der Waals surface area contributed by atoms with Gasteiger partial charge in [-0.15, -0.1) is 0 Å². The number of fused-ring (bicyclic) bond motifs is 1. The number of benzene rings is 2. The van der Waals surface area contributed by atoms with Gasteiger partial charge in [0.05, 0.1) is 16.3 Å². The van der Waals surface area contributed by atoms with Gasteiger partial charge in [-0.05, 0) is 50.3 Å². The number of halogens is 1. The van der Waals surface area contributed by atoms with Crippen molar-refractivity contribution in [2.24, 2.45) is 0 Å². The highest BCUT2D eigenvalue weighted by Crippen LogP contribution is 2.33. The van der Waals surface area contributed by atoms with Crippen LogP contribution in [0.4, 0.5) is 5.88 Å². The number of anilines is 1. The normalized spacial score (nSPS) is 11.7. The molecule has 0 bridgehead atoms. The molecule has 0 aliphatic rings. The number of alkyl halides is 1. The molecule has 7 nitrogen and oxygen atoms in total. The maximum atomic E-state index is 13.2. The Morgan fingerprint density at radius 2 is 1.82 bits per heavy atom. The second kappa shape index (κ2) is 9.52. The number of hydrogen-bond donors (Lipinski definition) is 1. The molecule has 4 rings (SSSR count). The summed E-state index contributed by atoms with van der Waals surface area (Å²) in [5, 5.41) is 5.97. The van der Waals surface area contributed by atoms with Crippen LogP contribution in [0.25, 0.3) is 22.0 Å². The molecule has 1 N–H and O–H groups in total. The van der Waals surface area contributed by atoms with Crippen molar-refractivity contribution in [1.82, 2.24) is 9.72 Å². The average Bonchev–Trinajstić information content (AvgIpc) is 3.41. The highest BCUT2D eigenvalue weighted by molar-refractivity contribution is 9.09.